The average Bonchev–Trinajstić information content (AvgIpc) is 2.64. The van der Waals surface area contributed by atoms with Gasteiger partial charge in [0, 0.05) is 0 Å². The molecule has 0 aromatic heterocycles. The number of fused-ring (bicyclic) bond motifs is 1. The van der Waals surface area contributed by atoms with Crippen LogP contribution in [0.1, 0.15) is 0 Å². The molecule has 2 aromatic rings. The summed E-state index contributed by atoms with van der Waals surface area (Å²) < 4.78 is 31.9. The normalized spacial score (nSPS) is 15.6. The molecule has 0 saturated carbocycles. The lowest BCUT2D eigenvalue weighted by atomic mass is 10.0. The predicted octanol–water partition coefficient (Wildman–Crippen LogP) is 2.08. The van der Waals surface area contributed by atoms with Gasteiger partial charge in [-0.1, -0.05) is 30.3 Å². The van der Waals surface area contributed by atoms with Crippen LogP contribution in [0, 0.1) is 0 Å². The molecule has 3 rings (SSSR count). The largest absolute Gasteiger partial charge is 0.507 e. The molecule has 0 unspecified atom stereocenters. The zero-order chi connectivity index (χ0) is 12.8. The van der Waals surface area contributed by atoms with Crippen LogP contribution in [0.4, 0.5) is 0 Å². The third-order valence-electron chi connectivity index (χ3n) is 2.54. The molecule has 1 heterocycles. The standard InChI is InChI=1S/C12H8O5S/c13-9-6-7-10-12(17-18(14,15)16-10)11(9)8-4-2-1-3-5-8/h1-7,13H. The molecule has 0 aliphatic carbocycles. The van der Waals surface area contributed by atoms with Gasteiger partial charge in [0.05, 0.1) is 5.56 Å². The fourth-order valence-electron chi connectivity index (χ4n) is 1.81. The van der Waals surface area contributed by atoms with E-state index in [1.807, 2.05) is 6.07 Å². The fourth-order valence-corrected chi connectivity index (χ4v) is 2.57. The maximum absolute atomic E-state index is 11.3. The maximum Gasteiger partial charge on any atom is 0.501 e. The van der Waals surface area contributed by atoms with Crippen molar-refractivity contribution in [2.75, 3.05) is 0 Å². The second-order valence-corrected chi connectivity index (χ2v) is 4.88. The molecule has 2 aromatic carbocycles. The topological polar surface area (TPSA) is 72.8 Å². The molecule has 18 heavy (non-hydrogen) atoms. The Kier molecular flexibility index (Phi) is 2.21. The third-order valence-corrected chi connectivity index (χ3v) is 3.29. The zero-order valence-electron chi connectivity index (χ0n) is 9.03. The molecule has 1 N–H and O–H groups in total. The molecular weight excluding hydrogens is 256 g/mol. The van der Waals surface area contributed by atoms with Crippen LogP contribution >= 0.6 is 0 Å². The smallest absolute Gasteiger partial charge is 0.501 e. The summed E-state index contributed by atoms with van der Waals surface area (Å²) in [4.78, 5) is 0. The predicted molar refractivity (Wildman–Crippen MR) is 63.7 cm³/mol. The first-order valence-electron chi connectivity index (χ1n) is 5.12. The second kappa shape index (κ2) is 3.64. The summed E-state index contributed by atoms with van der Waals surface area (Å²) >= 11 is 0. The SMILES string of the molecule is O=S1(=O)Oc2ccc(O)c(-c3ccccc3)c2O1. The highest BCUT2D eigenvalue weighted by molar-refractivity contribution is 7.82. The van der Waals surface area contributed by atoms with E-state index in [1.54, 1.807) is 24.3 Å². The van der Waals surface area contributed by atoms with E-state index in [1.165, 1.54) is 12.1 Å². The van der Waals surface area contributed by atoms with E-state index in [2.05, 4.69) is 4.18 Å². The molecule has 6 heteroatoms. The van der Waals surface area contributed by atoms with E-state index >= 15 is 0 Å². The average molecular weight is 264 g/mol. The molecule has 0 atom stereocenters. The Hall–Kier alpha value is -2.21. The quantitative estimate of drug-likeness (QED) is 0.853. The van der Waals surface area contributed by atoms with Crippen LogP contribution in [0.25, 0.3) is 11.1 Å². The Morgan fingerprint density at radius 2 is 1.67 bits per heavy atom. The molecule has 0 saturated heterocycles. The van der Waals surface area contributed by atoms with Crippen molar-refractivity contribution in [3.8, 4) is 28.4 Å². The first-order valence-corrected chi connectivity index (χ1v) is 6.45. The zero-order valence-corrected chi connectivity index (χ0v) is 9.85. The lowest BCUT2D eigenvalue weighted by molar-refractivity contribution is 0.436. The molecule has 92 valence electrons. The van der Waals surface area contributed by atoms with E-state index in [-0.39, 0.29) is 17.2 Å². The maximum atomic E-state index is 11.3. The van der Waals surface area contributed by atoms with Gasteiger partial charge in [-0.25, -0.2) is 0 Å². The molecular formula is C12H8O5S. The van der Waals surface area contributed by atoms with Crippen molar-refractivity contribution in [1.82, 2.24) is 0 Å². The summed E-state index contributed by atoms with van der Waals surface area (Å²) in [6.45, 7) is 0. The van der Waals surface area contributed by atoms with Gasteiger partial charge in [0.15, 0.2) is 5.75 Å². The Labute approximate surface area is 104 Å². The van der Waals surface area contributed by atoms with Gasteiger partial charge in [0.25, 0.3) is 0 Å². The highest BCUT2D eigenvalue weighted by Crippen LogP contribution is 2.48. The summed E-state index contributed by atoms with van der Waals surface area (Å²) in [6.07, 6.45) is 0. The molecule has 0 spiro atoms. The fraction of sp³-hybridized carbons (Fsp3) is 0. The van der Waals surface area contributed by atoms with E-state index < -0.39 is 10.4 Å². The molecule has 0 radical (unpaired) electrons. The monoisotopic (exact) mass is 264 g/mol. The number of rotatable bonds is 1. The van der Waals surface area contributed by atoms with Gasteiger partial charge in [-0.05, 0) is 17.7 Å². The van der Waals surface area contributed by atoms with E-state index in [0.29, 0.717) is 11.1 Å². The number of hydrogen-bond acceptors (Lipinski definition) is 5. The number of benzene rings is 2. The van der Waals surface area contributed by atoms with Gasteiger partial charge >= 0.3 is 10.4 Å². The van der Waals surface area contributed by atoms with Gasteiger partial charge in [0.2, 0.25) is 5.75 Å². The highest BCUT2D eigenvalue weighted by Gasteiger charge is 2.32. The van der Waals surface area contributed by atoms with Crippen LogP contribution in [-0.4, -0.2) is 13.5 Å². The van der Waals surface area contributed by atoms with Gasteiger partial charge < -0.3 is 13.5 Å². The lowest BCUT2D eigenvalue weighted by Gasteiger charge is -2.06. The summed E-state index contributed by atoms with van der Waals surface area (Å²) in [5.41, 5.74) is 0.946. The van der Waals surface area contributed by atoms with Crippen molar-refractivity contribution < 1.29 is 21.9 Å². The van der Waals surface area contributed by atoms with Crippen molar-refractivity contribution >= 4 is 10.4 Å². The molecule has 1 aliphatic rings. The van der Waals surface area contributed by atoms with Crippen LogP contribution in [-0.2, 0) is 10.4 Å². The minimum atomic E-state index is -4.06. The van der Waals surface area contributed by atoms with Crippen LogP contribution in [0.2, 0.25) is 0 Å². The number of phenols is 1. The number of aromatic hydroxyl groups is 1. The van der Waals surface area contributed by atoms with Gasteiger partial charge in [0.1, 0.15) is 5.75 Å². The van der Waals surface area contributed by atoms with Crippen molar-refractivity contribution in [3.05, 3.63) is 42.5 Å². The molecule has 1 aliphatic heterocycles. The van der Waals surface area contributed by atoms with Crippen LogP contribution in [0.15, 0.2) is 42.5 Å². The van der Waals surface area contributed by atoms with Crippen LogP contribution in [0.5, 0.6) is 17.2 Å². The van der Waals surface area contributed by atoms with Gasteiger partial charge in [-0.3, -0.25) is 0 Å². The third kappa shape index (κ3) is 1.67. The van der Waals surface area contributed by atoms with Crippen LogP contribution < -0.4 is 8.37 Å². The summed E-state index contributed by atoms with van der Waals surface area (Å²) in [6, 6.07) is 11.6. The number of phenolic OH excluding ortho intramolecular Hbond substituents is 1. The minimum Gasteiger partial charge on any atom is -0.507 e. The van der Waals surface area contributed by atoms with Gasteiger partial charge in [-0.15, -0.1) is 8.42 Å². The van der Waals surface area contributed by atoms with Crippen LogP contribution in [0.3, 0.4) is 0 Å². The van der Waals surface area contributed by atoms with Crippen molar-refractivity contribution in [1.29, 1.82) is 0 Å². The van der Waals surface area contributed by atoms with E-state index in [4.69, 9.17) is 4.18 Å². The van der Waals surface area contributed by atoms with Crippen molar-refractivity contribution in [2.24, 2.45) is 0 Å². The summed E-state index contributed by atoms with van der Waals surface area (Å²) in [5, 5.41) is 9.87. The Morgan fingerprint density at radius 3 is 2.39 bits per heavy atom. The molecule has 5 nitrogen and oxygen atoms in total. The summed E-state index contributed by atoms with van der Waals surface area (Å²) in [7, 11) is -4.06. The second-order valence-electron chi connectivity index (χ2n) is 3.73. The molecule has 0 fully saturated rings. The van der Waals surface area contributed by atoms with Crippen molar-refractivity contribution in [3.63, 3.8) is 0 Å². The number of hydrogen-bond donors (Lipinski definition) is 1. The Bertz CT molecular complexity index is 707. The summed E-state index contributed by atoms with van der Waals surface area (Å²) in [5.74, 6) is 0.0218. The highest BCUT2D eigenvalue weighted by atomic mass is 32.3. The minimum absolute atomic E-state index is 0.0150. The first kappa shape index (κ1) is 10.9. The lowest BCUT2D eigenvalue weighted by Crippen LogP contribution is -2.08. The van der Waals surface area contributed by atoms with Gasteiger partial charge in [-0.2, -0.15) is 0 Å². The Balaban J connectivity index is 2.27. The van der Waals surface area contributed by atoms with E-state index in [0.717, 1.165) is 0 Å². The first-order chi connectivity index (χ1) is 8.57. The Morgan fingerprint density at radius 1 is 0.944 bits per heavy atom. The molecule has 0 amide bonds. The van der Waals surface area contributed by atoms with Crippen molar-refractivity contribution in [2.45, 2.75) is 0 Å². The van der Waals surface area contributed by atoms with E-state index in [9.17, 15) is 13.5 Å². The molecule has 0 bridgehead atoms.